The fraction of sp³-hybridized carbons (Fsp3) is 0.353. The molecule has 0 fully saturated rings. The zero-order valence-electron chi connectivity index (χ0n) is 14.1. The number of aromatic nitrogens is 2. The fourth-order valence-corrected chi connectivity index (χ4v) is 2.10. The maximum atomic E-state index is 11.8. The lowest BCUT2D eigenvalue weighted by Gasteiger charge is -2.22. The highest BCUT2D eigenvalue weighted by atomic mass is 16.5. The highest BCUT2D eigenvalue weighted by molar-refractivity contribution is 5.96. The molecule has 0 saturated carbocycles. The molecule has 1 aromatic heterocycles. The van der Waals surface area contributed by atoms with Gasteiger partial charge in [-0.1, -0.05) is 12.1 Å². The molecule has 1 aromatic carbocycles. The Morgan fingerprint density at radius 2 is 1.78 bits per heavy atom. The van der Waals surface area contributed by atoms with E-state index in [4.69, 9.17) is 4.74 Å². The summed E-state index contributed by atoms with van der Waals surface area (Å²) >= 11 is 0. The van der Waals surface area contributed by atoms with E-state index >= 15 is 0 Å². The van der Waals surface area contributed by atoms with Gasteiger partial charge in [0.15, 0.2) is 0 Å². The number of para-hydroxylation sites is 1. The number of nitrogens with one attached hydrogen (secondary N) is 2. The van der Waals surface area contributed by atoms with Crippen molar-refractivity contribution in [3.8, 4) is 0 Å². The monoisotopic (exact) mass is 314 g/mol. The Morgan fingerprint density at radius 1 is 1.13 bits per heavy atom. The van der Waals surface area contributed by atoms with Crippen LogP contribution in [-0.2, 0) is 4.74 Å². The molecular weight excluding hydrogens is 292 g/mol. The molecule has 0 bridgehead atoms. The lowest BCUT2D eigenvalue weighted by atomic mass is 10.1. The van der Waals surface area contributed by atoms with Crippen molar-refractivity contribution in [1.82, 2.24) is 9.97 Å². The van der Waals surface area contributed by atoms with Gasteiger partial charge in [0.05, 0.1) is 18.4 Å². The first-order valence-corrected chi connectivity index (χ1v) is 7.37. The number of hydrogen-bond donors (Lipinski definition) is 2. The summed E-state index contributed by atoms with van der Waals surface area (Å²) < 4.78 is 4.80. The summed E-state index contributed by atoms with van der Waals surface area (Å²) in [5.41, 5.74) is 0.984. The van der Waals surface area contributed by atoms with Crippen LogP contribution in [0.2, 0.25) is 0 Å². The van der Waals surface area contributed by atoms with Crippen LogP contribution in [0.25, 0.3) is 0 Å². The first kappa shape index (κ1) is 16.7. The van der Waals surface area contributed by atoms with Crippen molar-refractivity contribution in [2.75, 3.05) is 17.7 Å². The van der Waals surface area contributed by atoms with Gasteiger partial charge >= 0.3 is 5.97 Å². The third-order valence-electron chi connectivity index (χ3n) is 2.94. The second-order valence-electron chi connectivity index (χ2n) is 6.22. The lowest BCUT2D eigenvalue weighted by molar-refractivity contribution is 0.0602. The van der Waals surface area contributed by atoms with Crippen LogP contribution in [0.5, 0.6) is 0 Å². The van der Waals surface area contributed by atoms with Crippen LogP contribution in [0.3, 0.4) is 0 Å². The van der Waals surface area contributed by atoms with Gasteiger partial charge in [0, 0.05) is 11.6 Å². The molecule has 0 unspecified atom stereocenters. The summed E-state index contributed by atoms with van der Waals surface area (Å²) in [6.07, 6.45) is 0. The zero-order valence-corrected chi connectivity index (χ0v) is 14.1. The third kappa shape index (κ3) is 4.67. The van der Waals surface area contributed by atoms with Gasteiger partial charge < -0.3 is 15.4 Å². The van der Waals surface area contributed by atoms with E-state index in [2.05, 4.69) is 41.4 Å². The van der Waals surface area contributed by atoms with Gasteiger partial charge in [0.25, 0.3) is 0 Å². The van der Waals surface area contributed by atoms with Crippen molar-refractivity contribution in [2.45, 2.75) is 33.2 Å². The van der Waals surface area contributed by atoms with Crippen LogP contribution in [-0.4, -0.2) is 28.6 Å². The molecule has 0 aliphatic heterocycles. The lowest BCUT2D eigenvalue weighted by Crippen LogP contribution is -2.27. The largest absolute Gasteiger partial charge is 0.465 e. The van der Waals surface area contributed by atoms with Gasteiger partial charge in [-0.3, -0.25) is 0 Å². The maximum Gasteiger partial charge on any atom is 0.339 e. The van der Waals surface area contributed by atoms with Crippen LogP contribution < -0.4 is 10.6 Å². The number of benzene rings is 1. The molecule has 23 heavy (non-hydrogen) atoms. The smallest absolute Gasteiger partial charge is 0.339 e. The second kappa shape index (κ2) is 6.64. The molecule has 1 heterocycles. The minimum atomic E-state index is -0.396. The number of hydrogen-bond acceptors (Lipinski definition) is 6. The number of aryl methyl sites for hydroxylation is 1. The van der Waals surface area contributed by atoms with E-state index in [0.29, 0.717) is 22.9 Å². The van der Waals surface area contributed by atoms with E-state index in [1.807, 2.05) is 19.1 Å². The van der Waals surface area contributed by atoms with Crippen LogP contribution in [0.1, 0.15) is 37.0 Å². The SMILES string of the molecule is COC(=O)c1ccccc1Nc1cc(NC(C)(C)C)nc(C)n1. The molecule has 2 N–H and O–H groups in total. The fourth-order valence-electron chi connectivity index (χ4n) is 2.10. The molecule has 0 aliphatic carbocycles. The molecule has 0 saturated heterocycles. The molecule has 0 amide bonds. The zero-order chi connectivity index (χ0) is 17.0. The van der Waals surface area contributed by atoms with E-state index in [-0.39, 0.29) is 5.54 Å². The summed E-state index contributed by atoms with van der Waals surface area (Å²) in [6, 6.07) is 8.95. The Labute approximate surface area is 136 Å². The van der Waals surface area contributed by atoms with E-state index < -0.39 is 5.97 Å². The normalized spacial score (nSPS) is 11.0. The number of esters is 1. The number of carbonyl (C=O) groups excluding carboxylic acids is 1. The average molecular weight is 314 g/mol. The number of rotatable bonds is 4. The maximum absolute atomic E-state index is 11.8. The Balaban J connectivity index is 2.32. The van der Waals surface area contributed by atoms with Gasteiger partial charge in [0.2, 0.25) is 0 Å². The molecule has 0 radical (unpaired) electrons. The summed E-state index contributed by atoms with van der Waals surface area (Å²) in [6.45, 7) is 8.00. The average Bonchev–Trinajstić information content (AvgIpc) is 2.44. The van der Waals surface area contributed by atoms with Gasteiger partial charge in [-0.05, 0) is 39.8 Å². The van der Waals surface area contributed by atoms with Crippen LogP contribution in [0.15, 0.2) is 30.3 Å². The molecule has 6 heteroatoms. The number of ether oxygens (including phenoxy) is 1. The molecule has 2 aromatic rings. The molecule has 122 valence electrons. The minimum Gasteiger partial charge on any atom is -0.465 e. The van der Waals surface area contributed by atoms with Crippen molar-refractivity contribution in [3.63, 3.8) is 0 Å². The highest BCUT2D eigenvalue weighted by Crippen LogP contribution is 2.23. The molecule has 0 aliphatic rings. The van der Waals surface area contributed by atoms with Crippen molar-refractivity contribution in [2.24, 2.45) is 0 Å². The van der Waals surface area contributed by atoms with E-state index in [1.165, 1.54) is 7.11 Å². The second-order valence-corrected chi connectivity index (χ2v) is 6.22. The summed E-state index contributed by atoms with van der Waals surface area (Å²) in [5, 5.41) is 6.48. The van der Waals surface area contributed by atoms with Gasteiger partial charge in [0.1, 0.15) is 17.5 Å². The minimum absolute atomic E-state index is 0.109. The Kier molecular flexibility index (Phi) is 4.83. The van der Waals surface area contributed by atoms with Gasteiger partial charge in [-0.15, -0.1) is 0 Å². The van der Waals surface area contributed by atoms with E-state index in [9.17, 15) is 4.79 Å². The van der Waals surface area contributed by atoms with Crippen molar-refractivity contribution < 1.29 is 9.53 Å². The molecule has 2 rings (SSSR count). The quantitative estimate of drug-likeness (QED) is 0.841. The number of nitrogens with zero attached hydrogens (tertiary/aromatic N) is 2. The van der Waals surface area contributed by atoms with Gasteiger partial charge in [-0.2, -0.15) is 0 Å². The summed E-state index contributed by atoms with van der Waals surface area (Å²) in [4.78, 5) is 20.6. The third-order valence-corrected chi connectivity index (χ3v) is 2.94. The van der Waals surface area contributed by atoms with Crippen LogP contribution >= 0.6 is 0 Å². The van der Waals surface area contributed by atoms with E-state index in [1.54, 1.807) is 18.2 Å². The Hall–Kier alpha value is -2.63. The van der Waals surface area contributed by atoms with Crippen LogP contribution in [0.4, 0.5) is 17.3 Å². The number of anilines is 3. The number of methoxy groups -OCH3 is 1. The first-order valence-electron chi connectivity index (χ1n) is 7.37. The summed E-state index contributed by atoms with van der Waals surface area (Å²) in [7, 11) is 1.36. The predicted molar refractivity (Wildman–Crippen MR) is 91.2 cm³/mol. The molecular formula is C17H22N4O2. The standard InChI is InChI=1S/C17H22N4O2/c1-11-18-14(10-15(19-11)21-17(2,3)4)20-13-9-7-6-8-12(13)16(22)23-5/h6-10H,1-5H3,(H2,18,19,20,21). The van der Waals surface area contributed by atoms with Crippen molar-refractivity contribution in [1.29, 1.82) is 0 Å². The van der Waals surface area contributed by atoms with Crippen molar-refractivity contribution >= 4 is 23.3 Å². The topological polar surface area (TPSA) is 76.1 Å². The van der Waals surface area contributed by atoms with Gasteiger partial charge in [-0.25, -0.2) is 14.8 Å². The van der Waals surface area contributed by atoms with E-state index in [0.717, 1.165) is 5.82 Å². The van der Waals surface area contributed by atoms with Crippen LogP contribution in [0, 0.1) is 6.92 Å². The Bertz CT molecular complexity index is 708. The number of carbonyl (C=O) groups is 1. The molecule has 0 atom stereocenters. The van der Waals surface area contributed by atoms with Crippen molar-refractivity contribution in [3.05, 3.63) is 41.7 Å². The Morgan fingerprint density at radius 3 is 2.43 bits per heavy atom. The highest BCUT2D eigenvalue weighted by Gasteiger charge is 2.14. The predicted octanol–water partition coefficient (Wildman–Crippen LogP) is 3.53. The summed E-state index contributed by atoms with van der Waals surface area (Å²) in [5.74, 6) is 1.58. The molecule has 0 spiro atoms. The molecule has 6 nitrogen and oxygen atoms in total. The first-order chi connectivity index (χ1) is 10.8.